The molecule has 0 unspecified atom stereocenters. The van der Waals surface area contributed by atoms with Crippen LogP contribution < -0.4 is 15.4 Å². The maximum absolute atomic E-state index is 12.9. The second kappa shape index (κ2) is 10.5. The van der Waals surface area contributed by atoms with E-state index in [0.717, 1.165) is 48.6 Å². The van der Waals surface area contributed by atoms with Gasteiger partial charge in [-0.2, -0.15) is 18.4 Å². The number of ether oxygens (including phenoxy) is 1. The van der Waals surface area contributed by atoms with E-state index in [2.05, 4.69) is 23.3 Å². The highest BCUT2D eigenvalue weighted by Crippen LogP contribution is 2.31. The Labute approximate surface area is 180 Å². The SMILES string of the molecule is C=CCOc1cc(CCc2ccc(C(F)(F)F)cc2C#N)cc(CNCC2CNC2)c1. The number of rotatable bonds is 10. The van der Waals surface area contributed by atoms with Crippen LogP contribution in [0.25, 0.3) is 0 Å². The smallest absolute Gasteiger partial charge is 0.416 e. The van der Waals surface area contributed by atoms with E-state index in [1.165, 1.54) is 6.07 Å². The first-order valence-electron chi connectivity index (χ1n) is 10.3. The van der Waals surface area contributed by atoms with Crippen LogP contribution in [0.5, 0.6) is 5.75 Å². The first-order valence-corrected chi connectivity index (χ1v) is 10.3. The summed E-state index contributed by atoms with van der Waals surface area (Å²) in [4.78, 5) is 0. The van der Waals surface area contributed by atoms with Crippen molar-refractivity contribution in [2.45, 2.75) is 25.6 Å². The molecule has 1 fully saturated rings. The van der Waals surface area contributed by atoms with Gasteiger partial charge in [-0.05, 0) is 59.7 Å². The lowest BCUT2D eigenvalue weighted by molar-refractivity contribution is -0.137. The van der Waals surface area contributed by atoms with Crippen LogP contribution in [0.15, 0.2) is 49.1 Å². The normalized spacial score (nSPS) is 14.0. The Kier molecular flexibility index (Phi) is 7.72. The summed E-state index contributed by atoms with van der Waals surface area (Å²) in [6, 6.07) is 11.2. The number of nitrogens with one attached hydrogen (secondary N) is 2. The van der Waals surface area contributed by atoms with Gasteiger partial charge < -0.3 is 15.4 Å². The van der Waals surface area contributed by atoms with Crippen molar-refractivity contribution in [2.75, 3.05) is 26.2 Å². The number of halogens is 3. The minimum Gasteiger partial charge on any atom is -0.490 e. The van der Waals surface area contributed by atoms with Crippen LogP contribution >= 0.6 is 0 Å². The van der Waals surface area contributed by atoms with E-state index in [1.807, 2.05) is 18.2 Å². The van der Waals surface area contributed by atoms with Crippen molar-refractivity contribution in [3.63, 3.8) is 0 Å². The first-order chi connectivity index (χ1) is 14.9. The van der Waals surface area contributed by atoms with Gasteiger partial charge >= 0.3 is 6.18 Å². The second-order valence-electron chi connectivity index (χ2n) is 7.72. The minimum absolute atomic E-state index is 0.0601. The number of nitrogens with zero attached hydrogens (tertiary/aromatic N) is 1. The lowest BCUT2D eigenvalue weighted by Gasteiger charge is -2.27. The van der Waals surface area contributed by atoms with Gasteiger partial charge in [0.15, 0.2) is 0 Å². The molecular formula is C24H26F3N3O. The van der Waals surface area contributed by atoms with Crippen molar-refractivity contribution in [3.05, 3.63) is 76.9 Å². The molecule has 0 aromatic heterocycles. The molecule has 0 spiro atoms. The van der Waals surface area contributed by atoms with Gasteiger partial charge in [-0.25, -0.2) is 0 Å². The van der Waals surface area contributed by atoms with E-state index in [9.17, 15) is 18.4 Å². The van der Waals surface area contributed by atoms with Gasteiger partial charge in [-0.15, -0.1) is 0 Å². The zero-order valence-corrected chi connectivity index (χ0v) is 17.3. The Morgan fingerprint density at radius 3 is 2.58 bits per heavy atom. The number of benzene rings is 2. The summed E-state index contributed by atoms with van der Waals surface area (Å²) < 4.78 is 44.5. The summed E-state index contributed by atoms with van der Waals surface area (Å²) in [5.41, 5.74) is 1.95. The predicted molar refractivity (Wildman–Crippen MR) is 114 cm³/mol. The molecule has 1 aliphatic rings. The van der Waals surface area contributed by atoms with Crippen molar-refractivity contribution in [1.82, 2.24) is 10.6 Å². The van der Waals surface area contributed by atoms with Gasteiger partial charge in [-0.3, -0.25) is 0 Å². The molecule has 0 radical (unpaired) electrons. The molecule has 31 heavy (non-hydrogen) atoms. The van der Waals surface area contributed by atoms with Crippen molar-refractivity contribution in [1.29, 1.82) is 5.26 Å². The fraction of sp³-hybridized carbons (Fsp3) is 0.375. The van der Waals surface area contributed by atoms with Gasteiger partial charge in [0.25, 0.3) is 0 Å². The summed E-state index contributed by atoms with van der Waals surface area (Å²) in [5.74, 6) is 1.39. The highest BCUT2D eigenvalue weighted by molar-refractivity contribution is 5.42. The van der Waals surface area contributed by atoms with Gasteiger partial charge in [-0.1, -0.05) is 24.8 Å². The first kappa shape index (κ1) is 22.9. The van der Waals surface area contributed by atoms with Gasteiger partial charge in [0.2, 0.25) is 0 Å². The Balaban J connectivity index is 1.71. The van der Waals surface area contributed by atoms with Crippen molar-refractivity contribution < 1.29 is 17.9 Å². The average Bonchev–Trinajstić information content (AvgIpc) is 2.71. The maximum Gasteiger partial charge on any atom is 0.416 e. The number of aryl methyl sites for hydroxylation is 2. The largest absolute Gasteiger partial charge is 0.490 e. The Morgan fingerprint density at radius 2 is 1.94 bits per heavy atom. The number of hydrogen-bond acceptors (Lipinski definition) is 4. The molecule has 3 rings (SSSR count). The van der Waals surface area contributed by atoms with Crippen LogP contribution in [0, 0.1) is 17.2 Å². The average molecular weight is 429 g/mol. The molecule has 2 aromatic carbocycles. The fourth-order valence-electron chi connectivity index (χ4n) is 3.48. The van der Waals surface area contributed by atoms with Crippen molar-refractivity contribution >= 4 is 0 Å². The molecule has 2 aromatic rings. The van der Waals surface area contributed by atoms with Crippen LogP contribution in [0.1, 0.15) is 27.8 Å². The molecule has 1 heterocycles. The lowest BCUT2D eigenvalue weighted by atomic mass is 9.97. The fourth-order valence-corrected chi connectivity index (χ4v) is 3.48. The van der Waals surface area contributed by atoms with Crippen LogP contribution in [0.4, 0.5) is 13.2 Å². The number of alkyl halides is 3. The standard InChI is InChI=1S/C24H26F3N3O/c1-2-7-31-23-9-17(8-18(10-23)13-29-14-19-15-30-16-19)3-4-20-5-6-22(24(25,26)27)11-21(20)12-28/h2,5-6,8-11,19,29-30H,1,3-4,7,13-16H2. The molecule has 0 aliphatic carbocycles. The highest BCUT2D eigenvalue weighted by Gasteiger charge is 2.31. The second-order valence-corrected chi connectivity index (χ2v) is 7.72. The van der Waals surface area contributed by atoms with Crippen LogP contribution in [-0.4, -0.2) is 26.2 Å². The molecule has 1 aliphatic heterocycles. The Bertz CT molecular complexity index is 946. The monoisotopic (exact) mass is 429 g/mol. The van der Waals surface area contributed by atoms with Gasteiger partial charge in [0.1, 0.15) is 12.4 Å². The number of nitriles is 1. The maximum atomic E-state index is 12.9. The summed E-state index contributed by atoms with van der Waals surface area (Å²) in [6.45, 7) is 7.78. The van der Waals surface area contributed by atoms with E-state index in [0.29, 0.717) is 37.5 Å². The zero-order valence-electron chi connectivity index (χ0n) is 17.3. The zero-order chi connectivity index (χ0) is 22.3. The van der Waals surface area contributed by atoms with E-state index in [-0.39, 0.29) is 5.56 Å². The Morgan fingerprint density at radius 1 is 1.16 bits per heavy atom. The molecule has 0 bridgehead atoms. The molecule has 0 amide bonds. The lowest BCUT2D eigenvalue weighted by Crippen LogP contribution is -2.47. The summed E-state index contributed by atoms with van der Waals surface area (Å²) in [7, 11) is 0. The van der Waals surface area contributed by atoms with Crippen LogP contribution in [0.2, 0.25) is 0 Å². The van der Waals surface area contributed by atoms with E-state index in [1.54, 1.807) is 6.08 Å². The molecule has 4 nitrogen and oxygen atoms in total. The van der Waals surface area contributed by atoms with E-state index >= 15 is 0 Å². The van der Waals surface area contributed by atoms with E-state index < -0.39 is 11.7 Å². The van der Waals surface area contributed by atoms with Gasteiger partial charge in [0, 0.05) is 26.2 Å². The third-order valence-electron chi connectivity index (χ3n) is 5.26. The number of hydrogen-bond donors (Lipinski definition) is 2. The topological polar surface area (TPSA) is 57.1 Å². The van der Waals surface area contributed by atoms with Crippen LogP contribution in [0.3, 0.4) is 0 Å². The minimum atomic E-state index is -4.46. The van der Waals surface area contributed by atoms with Gasteiger partial charge in [0.05, 0.1) is 17.2 Å². The summed E-state index contributed by atoms with van der Waals surface area (Å²) >= 11 is 0. The predicted octanol–water partition coefficient (Wildman–Crippen LogP) is 4.24. The molecule has 7 heteroatoms. The third kappa shape index (κ3) is 6.58. The molecule has 2 N–H and O–H groups in total. The third-order valence-corrected chi connectivity index (χ3v) is 5.26. The molecule has 0 atom stereocenters. The van der Waals surface area contributed by atoms with E-state index in [4.69, 9.17) is 4.74 Å². The van der Waals surface area contributed by atoms with Crippen LogP contribution in [-0.2, 0) is 25.6 Å². The Hall–Kier alpha value is -2.82. The highest BCUT2D eigenvalue weighted by atomic mass is 19.4. The molecule has 0 saturated carbocycles. The summed E-state index contributed by atoms with van der Waals surface area (Å²) in [5, 5.41) is 16.0. The molecule has 1 saturated heterocycles. The molecular weight excluding hydrogens is 403 g/mol. The van der Waals surface area contributed by atoms with Crippen molar-refractivity contribution in [2.24, 2.45) is 5.92 Å². The van der Waals surface area contributed by atoms with Crippen molar-refractivity contribution in [3.8, 4) is 11.8 Å². The summed E-state index contributed by atoms with van der Waals surface area (Å²) in [6.07, 6.45) is -1.73. The molecule has 164 valence electrons. The quantitative estimate of drug-likeness (QED) is 0.555.